The zero-order valence-corrected chi connectivity index (χ0v) is 13.0. The molecule has 1 aromatic rings. The van der Waals surface area contributed by atoms with Crippen LogP contribution in [0.15, 0.2) is 12.1 Å². The molecule has 1 aliphatic rings. The van der Waals surface area contributed by atoms with Crippen LogP contribution in [0.3, 0.4) is 0 Å². The molecule has 2 rings (SSSR count). The number of aliphatic carboxylic acids is 1. The van der Waals surface area contributed by atoms with Crippen molar-refractivity contribution in [2.24, 2.45) is 11.3 Å². The van der Waals surface area contributed by atoms with Crippen molar-refractivity contribution in [2.45, 2.75) is 27.2 Å². The maximum Gasteiger partial charge on any atom is 0.311 e. The normalized spacial score (nSPS) is 21.0. The molecule has 22 heavy (non-hydrogen) atoms. The third kappa shape index (κ3) is 2.54. The van der Waals surface area contributed by atoms with Gasteiger partial charge in [-0.2, -0.15) is 5.26 Å². The Hall–Kier alpha value is -2.42. The molecule has 0 aliphatic carbocycles. The number of carbonyl (C=O) groups is 2. The van der Waals surface area contributed by atoms with Gasteiger partial charge in [0, 0.05) is 13.1 Å². The van der Waals surface area contributed by atoms with E-state index >= 15 is 0 Å². The van der Waals surface area contributed by atoms with E-state index in [-0.39, 0.29) is 24.1 Å². The second-order valence-electron chi connectivity index (χ2n) is 6.03. The molecule has 0 spiro atoms. The summed E-state index contributed by atoms with van der Waals surface area (Å²) in [5, 5.41) is 18.4. The van der Waals surface area contributed by atoms with Gasteiger partial charge in [0.25, 0.3) is 5.91 Å². The molecule has 1 fully saturated rings. The monoisotopic (exact) mass is 301 g/mol. The van der Waals surface area contributed by atoms with E-state index in [9.17, 15) is 14.7 Å². The first-order valence-corrected chi connectivity index (χ1v) is 7.22. The number of nitrogens with zero attached hydrogens (tertiary/aromatic N) is 3. The summed E-state index contributed by atoms with van der Waals surface area (Å²) < 4.78 is 0. The molecule has 6 nitrogen and oxygen atoms in total. The Bertz CT molecular complexity index is 663. The molecule has 0 saturated carbocycles. The average Bonchev–Trinajstić information content (AvgIpc) is 2.93. The smallest absolute Gasteiger partial charge is 0.311 e. The highest BCUT2D eigenvalue weighted by atomic mass is 16.4. The third-order valence-corrected chi connectivity index (χ3v) is 4.54. The Labute approximate surface area is 129 Å². The summed E-state index contributed by atoms with van der Waals surface area (Å²) in [5.74, 6) is -1.20. The number of carboxylic acid groups (broad SMARTS) is 1. The van der Waals surface area contributed by atoms with Crippen molar-refractivity contribution < 1.29 is 14.7 Å². The predicted molar refractivity (Wildman–Crippen MR) is 79.1 cm³/mol. The minimum absolute atomic E-state index is 0.0570. The summed E-state index contributed by atoms with van der Waals surface area (Å²) in [6.07, 6.45) is 0.445. The Morgan fingerprint density at radius 3 is 2.59 bits per heavy atom. The zero-order chi connectivity index (χ0) is 16.5. The minimum Gasteiger partial charge on any atom is -0.481 e. The number of nitriles is 1. The zero-order valence-electron chi connectivity index (χ0n) is 13.0. The summed E-state index contributed by atoms with van der Waals surface area (Å²) in [6, 6.07) is 5.09. The van der Waals surface area contributed by atoms with Crippen LogP contribution in [-0.2, 0) is 4.79 Å². The summed E-state index contributed by atoms with van der Waals surface area (Å²) in [6.45, 7) is 6.01. The van der Waals surface area contributed by atoms with E-state index in [1.165, 1.54) is 6.07 Å². The first-order valence-electron chi connectivity index (χ1n) is 7.22. The summed E-state index contributed by atoms with van der Waals surface area (Å²) >= 11 is 0. The quantitative estimate of drug-likeness (QED) is 0.919. The van der Waals surface area contributed by atoms with Crippen molar-refractivity contribution in [3.63, 3.8) is 0 Å². The number of aromatic nitrogens is 1. The summed E-state index contributed by atoms with van der Waals surface area (Å²) in [4.78, 5) is 29.8. The van der Waals surface area contributed by atoms with Crippen LogP contribution in [0.5, 0.6) is 0 Å². The van der Waals surface area contributed by atoms with Crippen molar-refractivity contribution in [3.05, 3.63) is 29.1 Å². The predicted octanol–water partition coefficient (Wildman–Crippen LogP) is 1.83. The maximum absolute atomic E-state index is 12.5. The van der Waals surface area contributed by atoms with Crippen LogP contribution in [0.1, 0.15) is 42.0 Å². The molecule has 1 aromatic heterocycles. The van der Waals surface area contributed by atoms with Gasteiger partial charge in [-0.3, -0.25) is 9.59 Å². The van der Waals surface area contributed by atoms with Crippen LogP contribution in [0.4, 0.5) is 0 Å². The number of carboxylic acids is 1. The Morgan fingerprint density at radius 2 is 2.14 bits per heavy atom. The van der Waals surface area contributed by atoms with Crippen LogP contribution < -0.4 is 0 Å². The number of rotatable bonds is 3. The van der Waals surface area contributed by atoms with Crippen LogP contribution in [0.2, 0.25) is 0 Å². The SMILES string of the molecule is Cc1nc(C(=O)N2CCC(C(=O)O)(C(C)C)C2)ccc1C#N. The molecule has 0 aromatic carbocycles. The van der Waals surface area contributed by atoms with Gasteiger partial charge in [0.1, 0.15) is 11.8 Å². The van der Waals surface area contributed by atoms with Gasteiger partial charge in [-0.25, -0.2) is 4.98 Å². The first-order chi connectivity index (χ1) is 10.3. The Morgan fingerprint density at radius 1 is 1.45 bits per heavy atom. The highest BCUT2D eigenvalue weighted by Gasteiger charge is 2.48. The number of hydrogen-bond acceptors (Lipinski definition) is 4. The van der Waals surface area contributed by atoms with Gasteiger partial charge in [-0.1, -0.05) is 13.8 Å². The average molecular weight is 301 g/mol. The van der Waals surface area contributed by atoms with Gasteiger partial charge in [0.15, 0.2) is 0 Å². The minimum atomic E-state index is -0.892. The lowest BCUT2D eigenvalue weighted by Crippen LogP contribution is -2.40. The highest BCUT2D eigenvalue weighted by molar-refractivity contribution is 5.93. The maximum atomic E-state index is 12.5. The number of pyridine rings is 1. The molecular formula is C16H19N3O3. The molecule has 1 amide bonds. The van der Waals surface area contributed by atoms with Crippen molar-refractivity contribution in [1.29, 1.82) is 5.26 Å². The van der Waals surface area contributed by atoms with E-state index in [4.69, 9.17) is 5.26 Å². The van der Waals surface area contributed by atoms with E-state index in [1.54, 1.807) is 17.9 Å². The highest BCUT2D eigenvalue weighted by Crippen LogP contribution is 2.38. The Balaban J connectivity index is 2.24. The molecular weight excluding hydrogens is 282 g/mol. The fraction of sp³-hybridized carbons (Fsp3) is 0.500. The van der Waals surface area contributed by atoms with Crippen LogP contribution in [-0.4, -0.2) is 40.0 Å². The van der Waals surface area contributed by atoms with Crippen molar-refractivity contribution in [3.8, 4) is 6.07 Å². The Kier molecular flexibility index (Phi) is 4.18. The molecule has 1 unspecified atom stereocenters. The number of amides is 1. The second kappa shape index (κ2) is 5.76. The molecule has 1 aliphatic heterocycles. The number of aryl methyl sites for hydroxylation is 1. The fourth-order valence-electron chi connectivity index (χ4n) is 2.86. The standard InChI is InChI=1S/C16H19N3O3/c1-10(2)16(15(21)22)6-7-19(9-16)14(20)13-5-4-12(8-17)11(3)18-13/h4-5,10H,6-7,9H2,1-3H3,(H,21,22). The first kappa shape index (κ1) is 16.0. The molecule has 0 bridgehead atoms. The van der Waals surface area contributed by atoms with Gasteiger partial charge >= 0.3 is 5.97 Å². The van der Waals surface area contributed by atoms with Crippen molar-refractivity contribution in [2.75, 3.05) is 13.1 Å². The van der Waals surface area contributed by atoms with Gasteiger partial charge in [-0.05, 0) is 31.4 Å². The van der Waals surface area contributed by atoms with E-state index < -0.39 is 11.4 Å². The largest absolute Gasteiger partial charge is 0.481 e. The molecule has 1 saturated heterocycles. The molecule has 1 atom stereocenters. The van der Waals surface area contributed by atoms with E-state index in [0.717, 1.165) is 0 Å². The van der Waals surface area contributed by atoms with E-state index in [0.29, 0.717) is 24.2 Å². The lowest BCUT2D eigenvalue weighted by Gasteiger charge is -2.28. The molecule has 6 heteroatoms. The van der Waals surface area contributed by atoms with Gasteiger partial charge < -0.3 is 10.0 Å². The lowest BCUT2D eigenvalue weighted by molar-refractivity contribution is -0.150. The van der Waals surface area contributed by atoms with Gasteiger partial charge in [-0.15, -0.1) is 0 Å². The molecule has 116 valence electrons. The van der Waals surface area contributed by atoms with Crippen LogP contribution in [0, 0.1) is 29.6 Å². The van der Waals surface area contributed by atoms with E-state index in [2.05, 4.69) is 4.98 Å². The van der Waals surface area contributed by atoms with Crippen LogP contribution >= 0.6 is 0 Å². The number of likely N-dealkylation sites (tertiary alicyclic amines) is 1. The summed E-state index contributed by atoms with van der Waals surface area (Å²) in [7, 11) is 0. The second-order valence-corrected chi connectivity index (χ2v) is 6.03. The number of hydrogen-bond donors (Lipinski definition) is 1. The molecule has 2 heterocycles. The molecule has 0 radical (unpaired) electrons. The third-order valence-electron chi connectivity index (χ3n) is 4.54. The van der Waals surface area contributed by atoms with Gasteiger partial charge in [0.2, 0.25) is 0 Å². The summed E-state index contributed by atoms with van der Waals surface area (Å²) in [5.41, 5.74) is 0.291. The van der Waals surface area contributed by atoms with Crippen molar-refractivity contribution in [1.82, 2.24) is 9.88 Å². The van der Waals surface area contributed by atoms with Crippen molar-refractivity contribution >= 4 is 11.9 Å². The van der Waals surface area contributed by atoms with E-state index in [1.807, 2.05) is 19.9 Å². The topological polar surface area (TPSA) is 94.3 Å². The lowest BCUT2D eigenvalue weighted by atomic mass is 9.76. The van der Waals surface area contributed by atoms with Gasteiger partial charge in [0.05, 0.1) is 16.7 Å². The number of carbonyl (C=O) groups excluding carboxylic acids is 1. The molecule has 1 N–H and O–H groups in total. The van der Waals surface area contributed by atoms with Crippen LogP contribution in [0.25, 0.3) is 0 Å². The fourth-order valence-corrected chi connectivity index (χ4v) is 2.86.